The number of benzene rings is 2. The summed E-state index contributed by atoms with van der Waals surface area (Å²) in [5.41, 5.74) is 0.272. The van der Waals surface area contributed by atoms with E-state index in [4.69, 9.17) is 4.74 Å². The second-order valence-corrected chi connectivity index (χ2v) is 9.74. The Morgan fingerprint density at radius 3 is 2.32 bits per heavy atom. The van der Waals surface area contributed by atoms with Crippen LogP contribution in [0.4, 0.5) is 11.4 Å². The molecule has 2 heterocycles. The largest absolute Gasteiger partial charge is 0.368 e. The molecule has 1 N–H and O–H groups in total. The van der Waals surface area contributed by atoms with Crippen molar-refractivity contribution < 1.29 is 27.7 Å². The average Bonchev–Trinajstić information content (AvgIpc) is 3.39. The number of rotatable bonds is 6. The van der Waals surface area contributed by atoms with Crippen molar-refractivity contribution in [2.45, 2.75) is 23.8 Å². The molecular weight excluding hydrogens is 464 g/mol. The summed E-state index contributed by atoms with van der Waals surface area (Å²) in [5, 5.41) is 10.9. The third kappa shape index (κ3) is 5.18. The highest BCUT2D eigenvalue weighted by Gasteiger charge is 2.31. The molecular formula is C22H24N4O7S. The zero-order chi connectivity index (χ0) is 24.3. The predicted molar refractivity (Wildman–Crippen MR) is 122 cm³/mol. The summed E-state index contributed by atoms with van der Waals surface area (Å²) in [6.45, 7) is 2.28. The van der Waals surface area contributed by atoms with E-state index >= 15 is 0 Å². The second kappa shape index (κ2) is 9.77. The molecule has 2 amide bonds. The van der Waals surface area contributed by atoms with E-state index in [2.05, 4.69) is 4.72 Å². The van der Waals surface area contributed by atoms with Crippen LogP contribution in [0.3, 0.4) is 0 Å². The molecule has 2 aromatic rings. The fourth-order valence-electron chi connectivity index (χ4n) is 3.95. The van der Waals surface area contributed by atoms with Gasteiger partial charge in [0.05, 0.1) is 9.82 Å². The average molecular weight is 489 g/mol. The monoisotopic (exact) mass is 488 g/mol. The lowest BCUT2D eigenvalue weighted by Gasteiger charge is -2.35. The molecule has 0 aromatic heterocycles. The summed E-state index contributed by atoms with van der Waals surface area (Å²) in [5.74, 6) is -0.234. The maximum atomic E-state index is 12.8. The fourth-order valence-corrected chi connectivity index (χ4v) is 5.05. The molecule has 0 saturated carbocycles. The first-order chi connectivity index (χ1) is 16.2. The Balaban J connectivity index is 1.36. The van der Waals surface area contributed by atoms with Crippen LogP contribution in [-0.2, 0) is 19.6 Å². The summed E-state index contributed by atoms with van der Waals surface area (Å²) in [6, 6.07) is 10.7. The number of nitrogens with zero attached hydrogens (tertiary/aromatic N) is 3. The number of hydrogen-bond donors (Lipinski definition) is 1. The number of nitro benzene ring substituents is 1. The van der Waals surface area contributed by atoms with Crippen LogP contribution < -0.4 is 4.72 Å². The van der Waals surface area contributed by atoms with E-state index in [0.717, 1.165) is 18.9 Å². The number of sulfonamides is 1. The molecule has 0 spiro atoms. The molecule has 2 aliphatic rings. The van der Waals surface area contributed by atoms with Gasteiger partial charge in [0.2, 0.25) is 0 Å². The second-order valence-electron chi connectivity index (χ2n) is 8.06. The maximum Gasteiger partial charge on any atom is 0.270 e. The van der Waals surface area contributed by atoms with Gasteiger partial charge in [0.25, 0.3) is 27.5 Å². The summed E-state index contributed by atoms with van der Waals surface area (Å²) < 4.78 is 33.0. The number of nitro groups is 1. The number of carbonyl (C=O) groups is 2. The van der Waals surface area contributed by atoms with Crippen LogP contribution in [0.1, 0.15) is 23.2 Å². The minimum atomic E-state index is -4.04. The zero-order valence-electron chi connectivity index (χ0n) is 18.3. The summed E-state index contributed by atoms with van der Waals surface area (Å²) in [4.78, 5) is 38.7. The zero-order valence-corrected chi connectivity index (χ0v) is 19.1. The molecule has 1 atom stereocenters. The Kier molecular flexibility index (Phi) is 6.80. The van der Waals surface area contributed by atoms with Crippen molar-refractivity contribution in [2.24, 2.45) is 0 Å². The maximum absolute atomic E-state index is 12.8. The first-order valence-electron chi connectivity index (χ1n) is 10.8. The van der Waals surface area contributed by atoms with Gasteiger partial charge in [-0.15, -0.1) is 0 Å². The summed E-state index contributed by atoms with van der Waals surface area (Å²) in [7, 11) is -4.04. The molecule has 11 nitrogen and oxygen atoms in total. The molecule has 0 aliphatic carbocycles. The molecule has 2 fully saturated rings. The molecule has 2 aromatic carbocycles. The summed E-state index contributed by atoms with van der Waals surface area (Å²) in [6.07, 6.45) is 1.24. The quantitative estimate of drug-likeness (QED) is 0.484. The van der Waals surface area contributed by atoms with Gasteiger partial charge in [0.15, 0.2) is 0 Å². The van der Waals surface area contributed by atoms with Gasteiger partial charge < -0.3 is 14.5 Å². The number of ether oxygens (including phenoxy) is 1. The normalized spacial score (nSPS) is 18.5. The van der Waals surface area contributed by atoms with Crippen molar-refractivity contribution >= 4 is 33.2 Å². The first kappa shape index (κ1) is 23.6. The Morgan fingerprint density at radius 2 is 1.71 bits per heavy atom. The molecule has 12 heteroatoms. The van der Waals surface area contributed by atoms with Crippen LogP contribution in [-0.4, -0.2) is 73.8 Å². The van der Waals surface area contributed by atoms with E-state index in [1.807, 2.05) is 0 Å². The van der Waals surface area contributed by atoms with Gasteiger partial charge in [0, 0.05) is 56.2 Å². The van der Waals surface area contributed by atoms with Gasteiger partial charge in [-0.05, 0) is 43.2 Å². The van der Waals surface area contributed by atoms with E-state index in [1.54, 1.807) is 9.80 Å². The number of nitrogens with one attached hydrogen (secondary N) is 1. The molecule has 2 aliphatic heterocycles. The highest BCUT2D eigenvalue weighted by atomic mass is 32.2. The van der Waals surface area contributed by atoms with Crippen LogP contribution in [0, 0.1) is 10.1 Å². The number of anilines is 1. The van der Waals surface area contributed by atoms with Crippen LogP contribution >= 0.6 is 0 Å². The number of non-ortho nitro benzene ring substituents is 1. The Bertz CT molecular complexity index is 1190. The Hall–Kier alpha value is -3.51. The lowest BCUT2D eigenvalue weighted by molar-refractivity contribution is -0.385. The molecule has 0 bridgehead atoms. The van der Waals surface area contributed by atoms with E-state index in [-0.39, 0.29) is 34.2 Å². The lowest BCUT2D eigenvalue weighted by atomic mass is 10.1. The Morgan fingerprint density at radius 1 is 1.03 bits per heavy atom. The van der Waals surface area contributed by atoms with Gasteiger partial charge in [0.1, 0.15) is 6.10 Å². The van der Waals surface area contributed by atoms with Gasteiger partial charge in [-0.3, -0.25) is 24.4 Å². The van der Waals surface area contributed by atoms with Crippen molar-refractivity contribution in [3.05, 3.63) is 64.2 Å². The number of amides is 2. The van der Waals surface area contributed by atoms with E-state index in [9.17, 15) is 28.1 Å². The fraction of sp³-hybridized carbons (Fsp3) is 0.364. The van der Waals surface area contributed by atoms with Crippen molar-refractivity contribution in [3.8, 4) is 0 Å². The van der Waals surface area contributed by atoms with E-state index in [0.29, 0.717) is 38.3 Å². The molecule has 2 saturated heterocycles. The van der Waals surface area contributed by atoms with Crippen LogP contribution in [0.2, 0.25) is 0 Å². The van der Waals surface area contributed by atoms with Crippen molar-refractivity contribution in [1.82, 2.24) is 9.80 Å². The topological polar surface area (TPSA) is 139 Å². The third-order valence-corrected chi connectivity index (χ3v) is 7.19. The molecule has 180 valence electrons. The van der Waals surface area contributed by atoms with E-state index < -0.39 is 14.9 Å². The number of hydrogen-bond acceptors (Lipinski definition) is 7. The highest BCUT2D eigenvalue weighted by Crippen LogP contribution is 2.22. The Labute approximate surface area is 196 Å². The summed E-state index contributed by atoms with van der Waals surface area (Å²) >= 11 is 0. The SMILES string of the molecule is O=C(c1ccc(NS(=O)(=O)c2cccc([N+](=O)[O-])c2)cc1)N1CCN(C(=O)C2CCCO2)CC1. The van der Waals surface area contributed by atoms with Gasteiger partial charge >= 0.3 is 0 Å². The van der Waals surface area contributed by atoms with Crippen LogP contribution in [0.15, 0.2) is 53.4 Å². The van der Waals surface area contributed by atoms with Crippen LogP contribution in [0.5, 0.6) is 0 Å². The van der Waals surface area contributed by atoms with Gasteiger partial charge in [-0.2, -0.15) is 0 Å². The minimum Gasteiger partial charge on any atom is -0.368 e. The number of carbonyl (C=O) groups excluding carboxylic acids is 2. The molecule has 0 radical (unpaired) electrons. The number of piperazine rings is 1. The lowest BCUT2D eigenvalue weighted by Crippen LogP contribution is -2.52. The molecule has 1 unspecified atom stereocenters. The van der Waals surface area contributed by atoms with Crippen molar-refractivity contribution in [1.29, 1.82) is 0 Å². The first-order valence-corrected chi connectivity index (χ1v) is 12.3. The van der Waals surface area contributed by atoms with Crippen molar-refractivity contribution in [2.75, 3.05) is 37.5 Å². The van der Waals surface area contributed by atoms with Gasteiger partial charge in [-0.25, -0.2) is 8.42 Å². The predicted octanol–water partition coefficient (Wildman–Crippen LogP) is 1.86. The van der Waals surface area contributed by atoms with Crippen molar-refractivity contribution in [3.63, 3.8) is 0 Å². The standard InChI is InChI=1S/C22H24N4O7S/c27-21(24-10-12-25(13-11-24)22(28)20-5-2-14-33-20)16-6-8-17(9-7-16)23-34(31,32)19-4-1-3-18(15-19)26(29)30/h1,3-4,6-9,15,20,23H,2,5,10-14H2. The minimum absolute atomic E-state index is 0.0232. The highest BCUT2D eigenvalue weighted by molar-refractivity contribution is 7.92. The van der Waals surface area contributed by atoms with E-state index in [1.165, 1.54) is 42.5 Å². The third-order valence-electron chi connectivity index (χ3n) is 5.81. The van der Waals surface area contributed by atoms with Crippen LogP contribution in [0.25, 0.3) is 0 Å². The molecule has 4 rings (SSSR count). The van der Waals surface area contributed by atoms with Gasteiger partial charge in [-0.1, -0.05) is 6.07 Å². The smallest absolute Gasteiger partial charge is 0.270 e. The molecule has 34 heavy (non-hydrogen) atoms.